The molecule has 0 aliphatic carbocycles. The van der Waals surface area contributed by atoms with Crippen molar-refractivity contribution < 1.29 is 4.74 Å². The van der Waals surface area contributed by atoms with Gasteiger partial charge in [0.25, 0.3) is 0 Å². The van der Waals surface area contributed by atoms with Crippen molar-refractivity contribution in [2.75, 3.05) is 7.11 Å². The molecule has 16 heavy (non-hydrogen) atoms. The molecule has 1 aromatic heterocycles. The van der Waals surface area contributed by atoms with Gasteiger partial charge in [0.1, 0.15) is 5.75 Å². The second kappa shape index (κ2) is 4.35. The maximum atomic E-state index is 5.14. The van der Waals surface area contributed by atoms with Crippen LogP contribution < -0.4 is 4.74 Å². The maximum absolute atomic E-state index is 5.14. The van der Waals surface area contributed by atoms with Gasteiger partial charge in [-0.3, -0.25) is 4.98 Å². The Balaban J connectivity index is 2.42. The fraction of sp³-hybridized carbons (Fsp3) is 0.214. The molecule has 0 aliphatic rings. The van der Waals surface area contributed by atoms with Crippen LogP contribution in [-0.2, 0) is 0 Å². The van der Waals surface area contributed by atoms with Crippen molar-refractivity contribution in [2.45, 2.75) is 13.8 Å². The standard InChI is InChI=1S/C14H15NO/c1-10-4-9-14(11(2)15-10)12-5-7-13(16-3)8-6-12/h4-9H,1-3H3. The minimum absolute atomic E-state index is 0.876. The van der Waals surface area contributed by atoms with Crippen LogP contribution in [0.4, 0.5) is 0 Å². The summed E-state index contributed by atoms with van der Waals surface area (Å²) in [5, 5.41) is 0. The Kier molecular flexibility index (Phi) is 2.91. The summed E-state index contributed by atoms with van der Waals surface area (Å²) in [6.45, 7) is 4.04. The lowest BCUT2D eigenvalue weighted by atomic mass is 10.0. The number of ether oxygens (including phenoxy) is 1. The van der Waals surface area contributed by atoms with Gasteiger partial charge in [0.05, 0.1) is 7.11 Å². The minimum atomic E-state index is 0.876. The van der Waals surface area contributed by atoms with Crippen LogP contribution in [0, 0.1) is 13.8 Å². The number of rotatable bonds is 2. The van der Waals surface area contributed by atoms with E-state index in [-0.39, 0.29) is 0 Å². The van der Waals surface area contributed by atoms with Gasteiger partial charge in [0.2, 0.25) is 0 Å². The first-order valence-corrected chi connectivity index (χ1v) is 5.29. The van der Waals surface area contributed by atoms with Crippen molar-refractivity contribution in [3.8, 4) is 16.9 Å². The first-order chi connectivity index (χ1) is 7.70. The summed E-state index contributed by atoms with van der Waals surface area (Å²) in [7, 11) is 1.67. The molecule has 0 unspecified atom stereocenters. The molecule has 0 spiro atoms. The molecule has 1 aromatic carbocycles. The van der Waals surface area contributed by atoms with Crippen LogP contribution in [-0.4, -0.2) is 12.1 Å². The van der Waals surface area contributed by atoms with Crippen molar-refractivity contribution >= 4 is 0 Å². The van der Waals surface area contributed by atoms with Gasteiger partial charge < -0.3 is 4.74 Å². The van der Waals surface area contributed by atoms with E-state index in [0.717, 1.165) is 17.1 Å². The molecule has 0 aliphatic heterocycles. The molecule has 0 bridgehead atoms. The first-order valence-electron chi connectivity index (χ1n) is 5.29. The summed E-state index contributed by atoms with van der Waals surface area (Å²) in [4.78, 5) is 4.46. The topological polar surface area (TPSA) is 22.1 Å². The molecule has 0 saturated heterocycles. The molecule has 0 atom stereocenters. The van der Waals surface area contributed by atoms with Crippen molar-refractivity contribution in [3.05, 3.63) is 47.8 Å². The van der Waals surface area contributed by atoms with Crippen molar-refractivity contribution in [3.63, 3.8) is 0 Å². The molecule has 2 aromatic rings. The quantitative estimate of drug-likeness (QED) is 0.763. The van der Waals surface area contributed by atoms with E-state index in [1.54, 1.807) is 7.11 Å². The minimum Gasteiger partial charge on any atom is -0.497 e. The summed E-state index contributed by atoms with van der Waals surface area (Å²) < 4.78 is 5.14. The molecular formula is C14H15NO. The zero-order valence-corrected chi connectivity index (χ0v) is 9.82. The number of aryl methyl sites for hydroxylation is 2. The molecule has 0 amide bonds. The number of hydrogen-bond donors (Lipinski definition) is 0. The van der Waals surface area contributed by atoms with E-state index in [1.165, 1.54) is 11.1 Å². The average Bonchev–Trinajstić information content (AvgIpc) is 2.29. The largest absolute Gasteiger partial charge is 0.497 e. The fourth-order valence-electron chi connectivity index (χ4n) is 1.76. The summed E-state index contributed by atoms with van der Waals surface area (Å²) in [6, 6.07) is 12.2. The Bertz CT molecular complexity index is 489. The van der Waals surface area contributed by atoms with Crippen LogP contribution >= 0.6 is 0 Å². The lowest BCUT2D eigenvalue weighted by Crippen LogP contribution is -1.90. The van der Waals surface area contributed by atoms with E-state index < -0.39 is 0 Å². The Morgan fingerprint density at radius 2 is 1.62 bits per heavy atom. The zero-order chi connectivity index (χ0) is 11.5. The Hall–Kier alpha value is -1.83. The first kappa shape index (κ1) is 10.7. The number of hydrogen-bond acceptors (Lipinski definition) is 2. The van der Waals surface area contributed by atoms with Gasteiger partial charge in [-0.2, -0.15) is 0 Å². The highest BCUT2D eigenvalue weighted by atomic mass is 16.5. The summed E-state index contributed by atoms with van der Waals surface area (Å²) >= 11 is 0. The second-order valence-corrected chi connectivity index (χ2v) is 3.81. The molecular weight excluding hydrogens is 198 g/mol. The van der Waals surface area contributed by atoms with Crippen LogP contribution in [0.5, 0.6) is 5.75 Å². The van der Waals surface area contributed by atoms with E-state index in [0.29, 0.717) is 0 Å². The molecule has 2 nitrogen and oxygen atoms in total. The Morgan fingerprint density at radius 3 is 2.19 bits per heavy atom. The smallest absolute Gasteiger partial charge is 0.118 e. The third-order valence-electron chi connectivity index (χ3n) is 2.63. The zero-order valence-electron chi connectivity index (χ0n) is 9.82. The van der Waals surface area contributed by atoms with E-state index in [2.05, 4.69) is 23.2 Å². The molecule has 0 fully saturated rings. The highest BCUT2D eigenvalue weighted by molar-refractivity contribution is 5.66. The summed E-state index contributed by atoms with van der Waals surface area (Å²) in [5.41, 5.74) is 4.46. The SMILES string of the molecule is COc1ccc(-c2ccc(C)nc2C)cc1. The molecule has 0 N–H and O–H groups in total. The molecule has 2 heteroatoms. The lowest BCUT2D eigenvalue weighted by Gasteiger charge is -2.07. The predicted octanol–water partition coefficient (Wildman–Crippen LogP) is 3.37. The molecule has 2 rings (SSSR count). The van der Waals surface area contributed by atoms with Gasteiger partial charge in [-0.15, -0.1) is 0 Å². The fourth-order valence-corrected chi connectivity index (χ4v) is 1.76. The molecule has 0 radical (unpaired) electrons. The number of benzene rings is 1. The van der Waals surface area contributed by atoms with Gasteiger partial charge in [-0.1, -0.05) is 18.2 Å². The van der Waals surface area contributed by atoms with Gasteiger partial charge in [-0.05, 0) is 37.6 Å². The maximum Gasteiger partial charge on any atom is 0.118 e. The van der Waals surface area contributed by atoms with E-state index in [1.807, 2.05) is 32.0 Å². The van der Waals surface area contributed by atoms with Gasteiger partial charge >= 0.3 is 0 Å². The lowest BCUT2D eigenvalue weighted by molar-refractivity contribution is 0.415. The van der Waals surface area contributed by atoms with Crippen LogP contribution in [0.25, 0.3) is 11.1 Å². The van der Waals surface area contributed by atoms with Gasteiger partial charge in [0, 0.05) is 17.0 Å². The van der Waals surface area contributed by atoms with E-state index in [9.17, 15) is 0 Å². The highest BCUT2D eigenvalue weighted by Gasteiger charge is 2.03. The van der Waals surface area contributed by atoms with E-state index in [4.69, 9.17) is 4.74 Å². The number of nitrogens with zero attached hydrogens (tertiary/aromatic N) is 1. The van der Waals surface area contributed by atoms with Gasteiger partial charge in [0.15, 0.2) is 0 Å². The molecule has 0 saturated carbocycles. The predicted molar refractivity (Wildman–Crippen MR) is 65.7 cm³/mol. The summed E-state index contributed by atoms with van der Waals surface area (Å²) in [5.74, 6) is 0.876. The highest BCUT2D eigenvalue weighted by Crippen LogP contribution is 2.24. The van der Waals surface area contributed by atoms with Crippen LogP contribution in [0.1, 0.15) is 11.4 Å². The number of pyridine rings is 1. The van der Waals surface area contributed by atoms with E-state index >= 15 is 0 Å². The second-order valence-electron chi connectivity index (χ2n) is 3.81. The van der Waals surface area contributed by atoms with Crippen molar-refractivity contribution in [2.24, 2.45) is 0 Å². The Labute approximate surface area is 95.9 Å². The summed E-state index contributed by atoms with van der Waals surface area (Å²) in [6.07, 6.45) is 0. The van der Waals surface area contributed by atoms with Crippen molar-refractivity contribution in [1.82, 2.24) is 4.98 Å². The number of methoxy groups -OCH3 is 1. The average molecular weight is 213 g/mol. The third kappa shape index (κ3) is 2.06. The molecule has 1 heterocycles. The van der Waals surface area contributed by atoms with Crippen LogP contribution in [0.15, 0.2) is 36.4 Å². The van der Waals surface area contributed by atoms with Gasteiger partial charge in [-0.25, -0.2) is 0 Å². The van der Waals surface area contributed by atoms with Crippen molar-refractivity contribution in [1.29, 1.82) is 0 Å². The number of aromatic nitrogens is 1. The monoisotopic (exact) mass is 213 g/mol. The van der Waals surface area contributed by atoms with Crippen LogP contribution in [0.2, 0.25) is 0 Å². The van der Waals surface area contributed by atoms with Crippen LogP contribution in [0.3, 0.4) is 0 Å². The molecule has 82 valence electrons. The Morgan fingerprint density at radius 1 is 0.938 bits per heavy atom. The normalized spacial score (nSPS) is 10.2. The third-order valence-corrected chi connectivity index (χ3v) is 2.63.